The second kappa shape index (κ2) is 6.38. The molecule has 3 atom stereocenters. The summed E-state index contributed by atoms with van der Waals surface area (Å²) in [7, 11) is 0. The third-order valence-electron chi connectivity index (χ3n) is 4.18. The van der Waals surface area contributed by atoms with Gasteiger partial charge in [0.05, 0.1) is 24.7 Å². The van der Waals surface area contributed by atoms with Crippen molar-refractivity contribution in [2.75, 3.05) is 0 Å². The van der Waals surface area contributed by atoms with E-state index in [0.717, 1.165) is 16.3 Å². The van der Waals surface area contributed by atoms with Crippen molar-refractivity contribution < 1.29 is 9.59 Å². The van der Waals surface area contributed by atoms with Gasteiger partial charge in [-0.05, 0) is 30.2 Å². The van der Waals surface area contributed by atoms with E-state index in [4.69, 9.17) is 0 Å². The van der Waals surface area contributed by atoms with Crippen LogP contribution in [0.5, 0.6) is 0 Å². The van der Waals surface area contributed by atoms with Gasteiger partial charge in [0.1, 0.15) is 0 Å². The number of nitrogens with one attached hydrogen (secondary N) is 3. The van der Waals surface area contributed by atoms with Crippen molar-refractivity contribution in [2.24, 2.45) is 0 Å². The van der Waals surface area contributed by atoms with Gasteiger partial charge in [0, 0.05) is 0 Å². The lowest BCUT2D eigenvalue weighted by Gasteiger charge is -2.29. The van der Waals surface area contributed by atoms with Gasteiger partial charge in [-0.25, -0.2) is 0 Å². The Morgan fingerprint density at radius 2 is 1.96 bits per heavy atom. The topological polar surface area (TPSA) is 70.2 Å². The first kappa shape index (κ1) is 15.5. The Bertz CT molecular complexity index is 739. The van der Waals surface area contributed by atoms with E-state index in [-0.39, 0.29) is 30.4 Å². The second-order valence-electron chi connectivity index (χ2n) is 6.01. The molecule has 2 unspecified atom stereocenters. The summed E-state index contributed by atoms with van der Waals surface area (Å²) in [6.07, 6.45) is -0.0295. The molecule has 3 rings (SSSR count). The lowest BCUT2D eigenvalue weighted by molar-refractivity contribution is -0.132. The fraction of sp³-hybridized carbons (Fsp3) is 0.333. The number of fused-ring (bicyclic) bond motifs is 1. The molecule has 2 aromatic carbocycles. The number of carbonyl (C=O) groups is 2. The third-order valence-corrected chi connectivity index (χ3v) is 4.18. The normalized spacial score (nSPS) is 22.4. The van der Waals surface area contributed by atoms with Gasteiger partial charge in [0.15, 0.2) is 0 Å². The van der Waals surface area contributed by atoms with Crippen molar-refractivity contribution in [3.63, 3.8) is 0 Å². The summed E-state index contributed by atoms with van der Waals surface area (Å²) in [5.41, 5.74) is 1.07. The summed E-state index contributed by atoms with van der Waals surface area (Å²) in [5.74, 6) is -0.249. The highest BCUT2D eigenvalue weighted by Crippen LogP contribution is 2.24. The molecule has 0 aliphatic carbocycles. The number of hydrogen-bond donors (Lipinski definition) is 3. The molecule has 1 fully saturated rings. The van der Waals surface area contributed by atoms with Crippen molar-refractivity contribution in [1.82, 2.24) is 16.0 Å². The van der Waals surface area contributed by atoms with Crippen molar-refractivity contribution in [1.29, 1.82) is 0 Å². The van der Waals surface area contributed by atoms with Crippen LogP contribution >= 0.6 is 0 Å². The first-order valence-corrected chi connectivity index (χ1v) is 7.88. The van der Waals surface area contributed by atoms with Crippen LogP contribution in [0.1, 0.15) is 31.9 Å². The quantitative estimate of drug-likeness (QED) is 0.810. The van der Waals surface area contributed by atoms with Gasteiger partial charge in [-0.2, -0.15) is 0 Å². The molecule has 0 bridgehead atoms. The smallest absolute Gasteiger partial charge is 0.238 e. The van der Waals surface area contributed by atoms with E-state index < -0.39 is 6.04 Å². The number of hydrogen-bond acceptors (Lipinski definition) is 3. The van der Waals surface area contributed by atoms with Gasteiger partial charge in [0.2, 0.25) is 11.8 Å². The van der Waals surface area contributed by atoms with Crippen molar-refractivity contribution in [2.45, 2.75) is 38.5 Å². The highest BCUT2D eigenvalue weighted by atomic mass is 16.2. The average molecular weight is 311 g/mol. The maximum atomic E-state index is 12.5. The molecule has 0 aromatic heterocycles. The molecule has 2 aromatic rings. The molecular formula is C18H21N3O2. The summed E-state index contributed by atoms with van der Waals surface area (Å²) >= 11 is 0. The first-order valence-electron chi connectivity index (χ1n) is 7.88. The number of rotatable bonds is 3. The molecule has 5 heteroatoms. The Kier molecular flexibility index (Phi) is 4.30. The van der Waals surface area contributed by atoms with E-state index in [9.17, 15) is 9.59 Å². The van der Waals surface area contributed by atoms with Crippen LogP contribution in [0, 0.1) is 0 Å². The largest absolute Gasteiger partial charge is 0.348 e. The zero-order valence-corrected chi connectivity index (χ0v) is 13.3. The van der Waals surface area contributed by atoms with E-state index in [1.165, 1.54) is 0 Å². The molecule has 23 heavy (non-hydrogen) atoms. The lowest BCUT2D eigenvalue weighted by atomic mass is 9.99. The Morgan fingerprint density at radius 1 is 1.22 bits per heavy atom. The van der Waals surface area contributed by atoms with Crippen LogP contribution in [0.2, 0.25) is 0 Å². The van der Waals surface area contributed by atoms with E-state index in [1.54, 1.807) is 0 Å². The number of amides is 2. The van der Waals surface area contributed by atoms with Crippen LogP contribution in [0.25, 0.3) is 10.8 Å². The molecule has 3 N–H and O–H groups in total. The minimum Gasteiger partial charge on any atom is -0.348 e. The highest BCUT2D eigenvalue weighted by molar-refractivity contribution is 5.91. The van der Waals surface area contributed by atoms with Crippen molar-refractivity contribution in [3.05, 3.63) is 48.0 Å². The molecule has 120 valence electrons. The summed E-state index contributed by atoms with van der Waals surface area (Å²) in [6.45, 7) is 3.79. The first-order chi connectivity index (χ1) is 11.0. The van der Waals surface area contributed by atoms with Crippen molar-refractivity contribution >= 4 is 22.6 Å². The van der Waals surface area contributed by atoms with Gasteiger partial charge < -0.3 is 10.6 Å². The van der Waals surface area contributed by atoms with Crippen LogP contribution in [-0.4, -0.2) is 24.0 Å². The summed E-state index contributed by atoms with van der Waals surface area (Å²) in [5, 5.41) is 11.1. The molecule has 1 aliphatic rings. The van der Waals surface area contributed by atoms with Gasteiger partial charge in [-0.1, -0.05) is 42.5 Å². The van der Waals surface area contributed by atoms with E-state index >= 15 is 0 Å². The van der Waals surface area contributed by atoms with Crippen LogP contribution in [-0.2, 0) is 9.59 Å². The average Bonchev–Trinajstić information content (AvgIpc) is 2.53. The molecule has 0 spiro atoms. The van der Waals surface area contributed by atoms with E-state index in [0.29, 0.717) is 0 Å². The standard InChI is InChI=1S/C18H21N3O2/c1-11(14-9-5-7-13-6-3-4-8-15(13)14)19-18(23)16-10-17(22)21-12(2)20-16/h3-9,11-12,16,20H,10H2,1-2H3,(H,19,23)(H,21,22)/t11-,12?,16?/m1/s1. The Labute approximate surface area is 135 Å². The molecule has 1 saturated heterocycles. The van der Waals surface area contributed by atoms with Crippen molar-refractivity contribution in [3.8, 4) is 0 Å². The van der Waals surface area contributed by atoms with Crippen LogP contribution < -0.4 is 16.0 Å². The zero-order valence-electron chi connectivity index (χ0n) is 13.3. The monoisotopic (exact) mass is 311 g/mol. The third kappa shape index (κ3) is 3.35. The van der Waals surface area contributed by atoms with Gasteiger partial charge in [-0.3, -0.25) is 14.9 Å². The molecule has 5 nitrogen and oxygen atoms in total. The predicted octanol–water partition coefficient (Wildman–Crippen LogP) is 1.84. The minimum atomic E-state index is -0.490. The van der Waals surface area contributed by atoms with Gasteiger partial charge >= 0.3 is 0 Å². The van der Waals surface area contributed by atoms with Crippen LogP contribution in [0.3, 0.4) is 0 Å². The predicted molar refractivity (Wildman–Crippen MR) is 89.7 cm³/mol. The van der Waals surface area contributed by atoms with Crippen LogP contribution in [0.15, 0.2) is 42.5 Å². The highest BCUT2D eigenvalue weighted by Gasteiger charge is 2.29. The molecule has 0 radical (unpaired) electrons. The lowest BCUT2D eigenvalue weighted by Crippen LogP contribution is -2.59. The van der Waals surface area contributed by atoms with E-state index in [2.05, 4.69) is 34.1 Å². The van der Waals surface area contributed by atoms with Crippen LogP contribution in [0.4, 0.5) is 0 Å². The maximum Gasteiger partial charge on any atom is 0.238 e. The molecule has 1 heterocycles. The van der Waals surface area contributed by atoms with Gasteiger partial charge in [0.25, 0.3) is 0 Å². The van der Waals surface area contributed by atoms with Gasteiger partial charge in [-0.15, -0.1) is 0 Å². The fourth-order valence-electron chi connectivity index (χ4n) is 3.08. The molecule has 1 aliphatic heterocycles. The Balaban J connectivity index is 1.76. The maximum absolute atomic E-state index is 12.5. The fourth-order valence-corrected chi connectivity index (χ4v) is 3.08. The SMILES string of the molecule is CC1NC(=O)CC(C(=O)N[C@H](C)c2cccc3ccccc23)N1. The Morgan fingerprint density at radius 3 is 2.74 bits per heavy atom. The second-order valence-corrected chi connectivity index (χ2v) is 6.01. The number of benzene rings is 2. The summed E-state index contributed by atoms with van der Waals surface area (Å²) in [4.78, 5) is 24.0. The molecular weight excluding hydrogens is 290 g/mol. The Hall–Kier alpha value is -2.40. The summed E-state index contributed by atoms with van der Waals surface area (Å²) < 4.78 is 0. The van der Waals surface area contributed by atoms with E-state index in [1.807, 2.05) is 38.1 Å². The molecule has 0 saturated carbocycles. The molecule has 2 amide bonds. The minimum absolute atomic E-state index is 0.103. The summed E-state index contributed by atoms with van der Waals surface area (Å²) in [6, 6.07) is 13.6. The zero-order chi connectivity index (χ0) is 16.4. The number of carbonyl (C=O) groups excluding carboxylic acids is 2.